The largest absolute Gasteiger partial charge is 0.455 e. The molecule has 2 aromatic rings. The number of carbonyl (C=O) groups excluding carboxylic acids is 3. The highest BCUT2D eigenvalue weighted by Gasteiger charge is 2.28. The molecular weight excluding hydrogens is 386 g/mol. The van der Waals surface area contributed by atoms with Crippen molar-refractivity contribution in [1.29, 1.82) is 0 Å². The maximum absolute atomic E-state index is 12.7. The molecule has 7 heteroatoms. The van der Waals surface area contributed by atoms with Gasteiger partial charge < -0.3 is 19.5 Å². The summed E-state index contributed by atoms with van der Waals surface area (Å²) in [5.41, 5.74) is 1.43. The molecule has 0 bridgehead atoms. The fourth-order valence-electron chi connectivity index (χ4n) is 3.34. The van der Waals surface area contributed by atoms with Crippen LogP contribution in [0.5, 0.6) is 11.5 Å². The first-order valence-corrected chi connectivity index (χ1v) is 9.86. The summed E-state index contributed by atoms with van der Waals surface area (Å²) in [7, 11) is 0. The molecule has 158 valence electrons. The summed E-state index contributed by atoms with van der Waals surface area (Å²) in [6.45, 7) is 4.97. The summed E-state index contributed by atoms with van der Waals surface area (Å²) in [4.78, 5) is 37.1. The van der Waals surface area contributed by atoms with Crippen LogP contribution >= 0.6 is 0 Å². The Hall–Kier alpha value is -3.35. The van der Waals surface area contributed by atoms with Gasteiger partial charge in [0, 0.05) is 11.6 Å². The second-order valence-corrected chi connectivity index (χ2v) is 7.24. The van der Waals surface area contributed by atoms with Crippen molar-refractivity contribution >= 4 is 23.3 Å². The van der Waals surface area contributed by atoms with Crippen molar-refractivity contribution in [2.75, 3.05) is 18.7 Å². The zero-order chi connectivity index (χ0) is 21.7. The van der Waals surface area contributed by atoms with Crippen molar-refractivity contribution in [1.82, 2.24) is 0 Å². The topological polar surface area (TPSA) is 90.9 Å². The van der Waals surface area contributed by atoms with Gasteiger partial charge in [0.2, 0.25) is 6.79 Å². The van der Waals surface area contributed by atoms with E-state index in [9.17, 15) is 14.4 Å². The van der Waals surface area contributed by atoms with E-state index < -0.39 is 24.4 Å². The van der Waals surface area contributed by atoms with Crippen molar-refractivity contribution < 1.29 is 28.6 Å². The van der Waals surface area contributed by atoms with Gasteiger partial charge in [0.15, 0.2) is 23.9 Å². The normalized spacial score (nSPS) is 14.0. The number of benzene rings is 2. The lowest BCUT2D eigenvalue weighted by molar-refractivity contribution is -0.150. The lowest BCUT2D eigenvalue weighted by atomic mass is 9.86. The van der Waals surface area contributed by atoms with E-state index >= 15 is 0 Å². The fraction of sp³-hybridized carbons (Fsp3) is 0.348. The lowest BCUT2D eigenvalue weighted by Crippen LogP contribution is -2.27. The number of amides is 1. The number of Topliss-reactive ketones (excluding diaryl/α,β-unsaturated/α-hetero) is 1. The molecule has 1 amide bonds. The first-order chi connectivity index (χ1) is 14.4. The predicted octanol–water partition coefficient (Wildman–Crippen LogP) is 3.93. The molecule has 0 saturated heterocycles. The van der Waals surface area contributed by atoms with Gasteiger partial charge in [0.05, 0.1) is 11.6 Å². The Bertz CT molecular complexity index is 940. The summed E-state index contributed by atoms with van der Waals surface area (Å²) in [6, 6.07) is 12.4. The van der Waals surface area contributed by atoms with Gasteiger partial charge >= 0.3 is 5.97 Å². The quantitative estimate of drug-likeness (QED) is 0.523. The summed E-state index contributed by atoms with van der Waals surface area (Å²) < 4.78 is 15.9. The van der Waals surface area contributed by atoms with Crippen LogP contribution in [0.3, 0.4) is 0 Å². The molecule has 2 aromatic carbocycles. The molecule has 0 fully saturated rings. The maximum Gasteiger partial charge on any atom is 0.314 e. The molecule has 30 heavy (non-hydrogen) atoms. The van der Waals surface area contributed by atoms with Gasteiger partial charge in [-0.3, -0.25) is 14.4 Å². The van der Waals surface area contributed by atoms with Gasteiger partial charge in [-0.2, -0.15) is 0 Å². The predicted molar refractivity (Wildman–Crippen MR) is 111 cm³/mol. The number of ether oxygens (including phenoxy) is 3. The molecule has 1 N–H and O–H groups in total. The number of ketones is 1. The summed E-state index contributed by atoms with van der Waals surface area (Å²) in [5, 5.41) is 2.63. The molecule has 1 aliphatic rings. The molecule has 0 spiro atoms. The average molecular weight is 411 g/mol. The molecule has 1 heterocycles. The number of hydrogen-bond donors (Lipinski definition) is 1. The molecule has 0 saturated carbocycles. The average Bonchev–Trinajstić information content (AvgIpc) is 3.19. The molecule has 0 radical (unpaired) electrons. The van der Waals surface area contributed by atoms with E-state index in [0.717, 1.165) is 12.0 Å². The smallest absolute Gasteiger partial charge is 0.314 e. The van der Waals surface area contributed by atoms with Crippen LogP contribution in [-0.2, 0) is 14.3 Å². The molecule has 0 aromatic heterocycles. The van der Waals surface area contributed by atoms with Crippen LogP contribution in [0.15, 0.2) is 42.5 Å². The Kier molecular flexibility index (Phi) is 6.72. The Morgan fingerprint density at radius 3 is 2.40 bits per heavy atom. The van der Waals surface area contributed by atoms with Crippen LogP contribution in [0, 0.1) is 5.92 Å². The van der Waals surface area contributed by atoms with E-state index in [0.29, 0.717) is 17.1 Å². The molecule has 7 nitrogen and oxygen atoms in total. The van der Waals surface area contributed by atoms with Crippen molar-refractivity contribution in [2.45, 2.75) is 33.1 Å². The highest BCUT2D eigenvalue weighted by Crippen LogP contribution is 2.37. The van der Waals surface area contributed by atoms with Gasteiger partial charge in [0.1, 0.15) is 0 Å². The van der Waals surface area contributed by atoms with E-state index in [4.69, 9.17) is 14.2 Å². The van der Waals surface area contributed by atoms with E-state index in [2.05, 4.69) is 5.32 Å². The third kappa shape index (κ3) is 4.79. The molecule has 3 rings (SSSR count). The second kappa shape index (κ2) is 9.43. The van der Waals surface area contributed by atoms with Crippen molar-refractivity contribution in [3.8, 4) is 11.5 Å². The van der Waals surface area contributed by atoms with Gasteiger partial charge in [0.25, 0.3) is 5.91 Å². The number of carbonyl (C=O) groups is 3. The van der Waals surface area contributed by atoms with Crippen LogP contribution in [0.25, 0.3) is 0 Å². The molecule has 1 aliphatic heterocycles. The number of esters is 1. The minimum Gasteiger partial charge on any atom is -0.455 e. The Balaban J connectivity index is 1.68. The minimum atomic E-state index is -0.541. The Morgan fingerprint density at radius 1 is 1.10 bits per heavy atom. The summed E-state index contributed by atoms with van der Waals surface area (Å²) >= 11 is 0. The van der Waals surface area contributed by atoms with E-state index in [-0.39, 0.29) is 24.2 Å². The number of hydrogen-bond acceptors (Lipinski definition) is 6. The SMILES string of the molecule is CC[C@@H](C)[C@H](C(=O)OCC(=O)Nc1cc2c(cc1C(C)=O)OCO2)c1ccccc1. The van der Waals surface area contributed by atoms with Crippen LogP contribution in [0.1, 0.15) is 49.0 Å². The zero-order valence-electron chi connectivity index (χ0n) is 17.3. The number of anilines is 1. The number of rotatable bonds is 8. The minimum absolute atomic E-state index is 0.0537. The van der Waals surface area contributed by atoms with E-state index in [1.54, 1.807) is 0 Å². The molecule has 2 atom stereocenters. The van der Waals surface area contributed by atoms with Gasteiger partial charge in [-0.1, -0.05) is 50.6 Å². The van der Waals surface area contributed by atoms with Crippen molar-refractivity contribution in [3.05, 3.63) is 53.6 Å². The second-order valence-electron chi connectivity index (χ2n) is 7.24. The van der Waals surface area contributed by atoms with Gasteiger partial charge in [-0.05, 0) is 24.5 Å². The summed E-state index contributed by atoms with van der Waals surface area (Å²) in [6.07, 6.45) is 0.792. The first kappa shape index (κ1) is 21.4. The van der Waals surface area contributed by atoms with Crippen molar-refractivity contribution in [3.63, 3.8) is 0 Å². The van der Waals surface area contributed by atoms with E-state index in [1.807, 2.05) is 44.2 Å². The zero-order valence-corrected chi connectivity index (χ0v) is 17.3. The van der Waals surface area contributed by atoms with E-state index in [1.165, 1.54) is 19.1 Å². The monoisotopic (exact) mass is 411 g/mol. The van der Waals surface area contributed by atoms with Crippen LogP contribution in [0.2, 0.25) is 0 Å². The van der Waals surface area contributed by atoms with Crippen LogP contribution in [0.4, 0.5) is 5.69 Å². The van der Waals surface area contributed by atoms with Crippen molar-refractivity contribution in [2.24, 2.45) is 5.92 Å². The third-order valence-electron chi connectivity index (χ3n) is 5.14. The molecule has 0 unspecified atom stereocenters. The number of fused-ring (bicyclic) bond motifs is 1. The first-order valence-electron chi connectivity index (χ1n) is 9.86. The highest BCUT2D eigenvalue weighted by molar-refractivity contribution is 6.05. The fourth-order valence-corrected chi connectivity index (χ4v) is 3.34. The van der Waals surface area contributed by atoms with Crippen LogP contribution in [-0.4, -0.2) is 31.1 Å². The number of nitrogens with one attached hydrogen (secondary N) is 1. The molecular formula is C23H25NO6. The maximum atomic E-state index is 12.7. The lowest BCUT2D eigenvalue weighted by Gasteiger charge is -2.21. The highest BCUT2D eigenvalue weighted by atomic mass is 16.7. The summed E-state index contributed by atoms with van der Waals surface area (Å²) in [5.74, 6) is -0.745. The molecule has 0 aliphatic carbocycles. The van der Waals surface area contributed by atoms with Crippen LogP contribution < -0.4 is 14.8 Å². The Morgan fingerprint density at radius 2 is 1.77 bits per heavy atom. The Labute approximate surface area is 175 Å². The third-order valence-corrected chi connectivity index (χ3v) is 5.14. The standard InChI is InChI=1S/C23H25NO6/c1-4-14(2)22(16-8-6-5-7-9-16)23(27)28-12-21(26)24-18-11-20-19(29-13-30-20)10-17(18)15(3)25/h5-11,14,22H,4,12-13H2,1-3H3,(H,24,26)/t14-,22+/m1/s1. The van der Waals surface area contributed by atoms with Gasteiger partial charge in [-0.15, -0.1) is 0 Å². The van der Waals surface area contributed by atoms with Gasteiger partial charge in [-0.25, -0.2) is 0 Å².